The molecule has 1 atom stereocenters. The van der Waals surface area contributed by atoms with Gasteiger partial charge in [0.25, 0.3) is 11.8 Å². The normalized spacial score (nSPS) is 15.8. The summed E-state index contributed by atoms with van der Waals surface area (Å²) >= 11 is 1.54. The van der Waals surface area contributed by atoms with E-state index in [-0.39, 0.29) is 17.2 Å². The Morgan fingerprint density at radius 1 is 1.12 bits per heavy atom. The highest BCUT2D eigenvalue weighted by Crippen LogP contribution is 2.44. The summed E-state index contributed by atoms with van der Waals surface area (Å²) in [5.74, 6) is 0.872. The zero-order chi connectivity index (χ0) is 22.9. The van der Waals surface area contributed by atoms with Crippen LogP contribution in [0.15, 0.2) is 47.1 Å². The molecule has 1 aromatic carbocycles. The summed E-state index contributed by atoms with van der Waals surface area (Å²) in [6.45, 7) is 9.11. The number of nitrogens with one attached hydrogen (secondary N) is 2. The second-order valence-corrected chi connectivity index (χ2v) is 10.7. The minimum atomic E-state index is -0.198. The first kappa shape index (κ1) is 22.3. The summed E-state index contributed by atoms with van der Waals surface area (Å²) in [6.07, 6.45) is 4.41. The van der Waals surface area contributed by atoms with Gasteiger partial charge in [-0.2, -0.15) is 0 Å². The van der Waals surface area contributed by atoms with Crippen molar-refractivity contribution < 1.29 is 14.0 Å². The van der Waals surface area contributed by atoms with Crippen molar-refractivity contribution in [2.45, 2.75) is 53.5 Å². The van der Waals surface area contributed by atoms with Crippen molar-refractivity contribution in [3.8, 4) is 0 Å². The van der Waals surface area contributed by atoms with Crippen LogP contribution in [0.4, 0.5) is 5.00 Å². The number of anilines is 1. The van der Waals surface area contributed by atoms with E-state index < -0.39 is 0 Å². The molecule has 3 aromatic rings. The molecule has 168 valence electrons. The SMILES string of the molecule is Cc1ccc(C(=O)Nc2sc3c(c2C(=O)NCc2ccco2)CCC(C(C)(C)C)C3)cc1. The maximum atomic E-state index is 13.2. The molecule has 0 radical (unpaired) electrons. The van der Waals surface area contributed by atoms with Crippen molar-refractivity contribution in [2.75, 3.05) is 5.32 Å². The van der Waals surface area contributed by atoms with Crippen molar-refractivity contribution >= 4 is 28.2 Å². The van der Waals surface area contributed by atoms with E-state index in [0.29, 0.717) is 34.4 Å². The second kappa shape index (κ2) is 8.94. The second-order valence-electron chi connectivity index (χ2n) is 9.60. The molecule has 2 heterocycles. The molecule has 0 spiro atoms. The number of thiophene rings is 1. The third-order valence-electron chi connectivity index (χ3n) is 6.26. The van der Waals surface area contributed by atoms with Gasteiger partial charge in [0, 0.05) is 10.4 Å². The summed E-state index contributed by atoms with van der Waals surface area (Å²) < 4.78 is 5.35. The highest BCUT2D eigenvalue weighted by Gasteiger charge is 2.34. The van der Waals surface area contributed by atoms with Crippen LogP contribution in [0.3, 0.4) is 0 Å². The van der Waals surface area contributed by atoms with Gasteiger partial charge in [-0.25, -0.2) is 0 Å². The lowest BCUT2D eigenvalue weighted by Gasteiger charge is -2.33. The molecule has 4 rings (SSSR count). The van der Waals surface area contributed by atoms with E-state index in [2.05, 4.69) is 31.4 Å². The Bertz CT molecular complexity index is 1110. The number of aryl methyl sites for hydroxylation is 1. The standard InChI is InChI=1S/C26H30N2O3S/c1-16-7-9-17(10-8-16)23(29)28-25-22(24(30)27-15-19-6-5-13-31-19)20-12-11-18(26(2,3)4)14-21(20)32-25/h5-10,13,18H,11-12,14-15H2,1-4H3,(H,27,30)(H,28,29). The third-order valence-corrected chi connectivity index (χ3v) is 7.43. The minimum absolute atomic E-state index is 0.174. The molecule has 1 aliphatic carbocycles. The first-order chi connectivity index (χ1) is 15.2. The Labute approximate surface area is 193 Å². The third kappa shape index (κ3) is 4.80. The number of rotatable bonds is 5. The van der Waals surface area contributed by atoms with Crippen LogP contribution in [0.25, 0.3) is 0 Å². The van der Waals surface area contributed by atoms with Gasteiger partial charge < -0.3 is 15.1 Å². The molecule has 2 amide bonds. The maximum absolute atomic E-state index is 13.2. The zero-order valence-electron chi connectivity index (χ0n) is 19.1. The van der Waals surface area contributed by atoms with E-state index in [1.54, 1.807) is 23.7 Å². The fourth-order valence-electron chi connectivity index (χ4n) is 4.20. The molecule has 2 aromatic heterocycles. The Kier molecular flexibility index (Phi) is 6.24. The van der Waals surface area contributed by atoms with Crippen LogP contribution >= 0.6 is 11.3 Å². The first-order valence-corrected chi connectivity index (χ1v) is 11.9. The molecule has 6 heteroatoms. The van der Waals surface area contributed by atoms with E-state index in [1.165, 1.54) is 4.88 Å². The predicted molar refractivity (Wildman–Crippen MR) is 128 cm³/mol. The van der Waals surface area contributed by atoms with Gasteiger partial charge in [-0.3, -0.25) is 9.59 Å². The van der Waals surface area contributed by atoms with Crippen LogP contribution in [0, 0.1) is 18.3 Å². The van der Waals surface area contributed by atoms with Crippen LogP contribution in [0.2, 0.25) is 0 Å². The number of carbonyl (C=O) groups excluding carboxylic acids is 2. The number of benzene rings is 1. The van der Waals surface area contributed by atoms with Gasteiger partial charge >= 0.3 is 0 Å². The summed E-state index contributed by atoms with van der Waals surface area (Å²) in [5, 5.41) is 6.62. The molecule has 0 fully saturated rings. The zero-order valence-corrected chi connectivity index (χ0v) is 19.9. The van der Waals surface area contributed by atoms with E-state index >= 15 is 0 Å². The highest BCUT2D eigenvalue weighted by molar-refractivity contribution is 7.17. The van der Waals surface area contributed by atoms with Crippen molar-refractivity contribution in [3.63, 3.8) is 0 Å². The highest BCUT2D eigenvalue weighted by atomic mass is 32.1. The van der Waals surface area contributed by atoms with Crippen molar-refractivity contribution in [1.82, 2.24) is 5.32 Å². The van der Waals surface area contributed by atoms with E-state index in [0.717, 1.165) is 30.4 Å². The van der Waals surface area contributed by atoms with E-state index in [1.807, 2.05) is 37.3 Å². The van der Waals surface area contributed by atoms with E-state index in [4.69, 9.17) is 4.42 Å². The van der Waals surface area contributed by atoms with Gasteiger partial charge in [0.1, 0.15) is 10.8 Å². The molecule has 5 nitrogen and oxygen atoms in total. The van der Waals surface area contributed by atoms with Gasteiger partial charge in [0.05, 0.1) is 18.4 Å². The van der Waals surface area contributed by atoms with Crippen molar-refractivity contribution in [3.05, 3.63) is 75.6 Å². The number of carbonyl (C=O) groups is 2. The predicted octanol–water partition coefficient (Wildman–Crippen LogP) is 5.98. The van der Waals surface area contributed by atoms with Crippen molar-refractivity contribution in [2.24, 2.45) is 11.3 Å². The Morgan fingerprint density at radius 2 is 1.88 bits per heavy atom. The molecule has 0 saturated heterocycles. The van der Waals surface area contributed by atoms with Gasteiger partial charge in [-0.1, -0.05) is 38.5 Å². The first-order valence-electron chi connectivity index (χ1n) is 11.1. The van der Waals surface area contributed by atoms with Crippen LogP contribution < -0.4 is 10.6 Å². The van der Waals surface area contributed by atoms with Crippen LogP contribution in [-0.4, -0.2) is 11.8 Å². The summed E-state index contributed by atoms with van der Waals surface area (Å²) in [5.41, 5.74) is 3.56. The quantitative estimate of drug-likeness (QED) is 0.502. The molecule has 0 bridgehead atoms. The summed E-state index contributed by atoms with van der Waals surface area (Å²) in [4.78, 5) is 27.4. The molecule has 32 heavy (non-hydrogen) atoms. The lowest BCUT2D eigenvalue weighted by molar-refractivity contribution is 0.0947. The Balaban J connectivity index is 1.63. The largest absolute Gasteiger partial charge is 0.467 e. The van der Waals surface area contributed by atoms with Crippen LogP contribution in [-0.2, 0) is 19.4 Å². The molecular formula is C26H30N2O3S. The van der Waals surface area contributed by atoms with Crippen LogP contribution in [0.5, 0.6) is 0 Å². The maximum Gasteiger partial charge on any atom is 0.256 e. The number of furan rings is 1. The molecule has 2 N–H and O–H groups in total. The number of hydrogen-bond donors (Lipinski definition) is 2. The number of hydrogen-bond acceptors (Lipinski definition) is 4. The molecular weight excluding hydrogens is 420 g/mol. The fourth-order valence-corrected chi connectivity index (χ4v) is 5.52. The topological polar surface area (TPSA) is 71.3 Å². The smallest absolute Gasteiger partial charge is 0.256 e. The van der Waals surface area contributed by atoms with Crippen LogP contribution in [0.1, 0.15) is 69.7 Å². The van der Waals surface area contributed by atoms with E-state index in [9.17, 15) is 9.59 Å². The number of amides is 2. The number of fused-ring (bicyclic) bond motifs is 1. The Hall–Kier alpha value is -2.86. The molecule has 0 aliphatic heterocycles. The molecule has 1 aliphatic rings. The van der Waals surface area contributed by atoms with Crippen molar-refractivity contribution in [1.29, 1.82) is 0 Å². The summed E-state index contributed by atoms with van der Waals surface area (Å²) in [7, 11) is 0. The Morgan fingerprint density at radius 3 is 2.53 bits per heavy atom. The van der Waals surface area contributed by atoms with Gasteiger partial charge in [-0.15, -0.1) is 11.3 Å². The summed E-state index contributed by atoms with van der Waals surface area (Å²) in [6, 6.07) is 11.1. The van der Waals surface area contributed by atoms with Gasteiger partial charge in [0.15, 0.2) is 0 Å². The monoisotopic (exact) mass is 450 g/mol. The fraction of sp³-hybridized carbons (Fsp3) is 0.385. The molecule has 0 saturated carbocycles. The average molecular weight is 451 g/mol. The lowest BCUT2D eigenvalue weighted by atomic mass is 9.72. The lowest BCUT2D eigenvalue weighted by Crippen LogP contribution is -2.28. The minimum Gasteiger partial charge on any atom is -0.467 e. The molecule has 1 unspecified atom stereocenters. The average Bonchev–Trinajstić information content (AvgIpc) is 3.38. The van der Waals surface area contributed by atoms with Gasteiger partial charge in [-0.05, 0) is 67.3 Å². The van der Waals surface area contributed by atoms with Gasteiger partial charge in [0.2, 0.25) is 0 Å².